The zero-order valence-corrected chi connectivity index (χ0v) is 13.7. The van der Waals surface area contributed by atoms with Crippen LogP contribution in [0.1, 0.15) is 36.0 Å². The smallest absolute Gasteiger partial charge is 0.370 e. The Bertz CT molecular complexity index is 821. The third-order valence-corrected chi connectivity index (χ3v) is 4.83. The van der Waals surface area contributed by atoms with Gasteiger partial charge in [-0.3, -0.25) is 9.98 Å². The van der Waals surface area contributed by atoms with Crippen molar-refractivity contribution in [3.05, 3.63) is 53.3 Å². The van der Waals surface area contributed by atoms with E-state index in [0.29, 0.717) is 12.1 Å². The molecule has 0 bridgehead atoms. The Labute approximate surface area is 144 Å². The van der Waals surface area contributed by atoms with Gasteiger partial charge >= 0.3 is 6.18 Å². The molecule has 3 nitrogen and oxygen atoms in total. The van der Waals surface area contributed by atoms with Gasteiger partial charge in [-0.2, -0.15) is 13.2 Å². The third kappa shape index (κ3) is 3.13. The summed E-state index contributed by atoms with van der Waals surface area (Å²) < 4.78 is 38.8. The number of fused-ring (bicyclic) bond motifs is 1. The predicted octanol–water partition coefficient (Wildman–Crippen LogP) is 4.77. The largest absolute Gasteiger partial charge is 0.416 e. The summed E-state index contributed by atoms with van der Waals surface area (Å²) in [5.41, 5.74) is 3.43. The maximum Gasteiger partial charge on any atom is 0.416 e. The first kappa shape index (κ1) is 16.1. The van der Waals surface area contributed by atoms with Crippen LogP contribution >= 0.6 is 0 Å². The van der Waals surface area contributed by atoms with Crippen LogP contribution in [0, 0.1) is 0 Å². The van der Waals surface area contributed by atoms with E-state index in [2.05, 4.69) is 14.9 Å². The van der Waals surface area contributed by atoms with Gasteiger partial charge in [-0.25, -0.2) is 0 Å². The highest BCUT2D eigenvalue weighted by Gasteiger charge is 2.32. The molecular weight excluding hydrogens is 327 g/mol. The molecule has 6 heteroatoms. The number of aromatic nitrogens is 1. The first-order valence-corrected chi connectivity index (χ1v) is 8.49. The van der Waals surface area contributed by atoms with Gasteiger partial charge in [0.05, 0.1) is 28.8 Å². The number of hydrogen-bond acceptors (Lipinski definition) is 3. The second-order valence-electron chi connectivity index (χ2n) is 6.52. The number of piperidine rings is 1. The summed E-state index contributed by atoms with van der Waals surface area (Å²) in [6.45, 7) is 1.97. The Morgan fingerprint density at radius 1 is 1.00 bits per heavy atom. The average Bonchev–Trinajstić information content (AvgIpc) is 3.05. The van der Waals surface area contributed by atoms with Crippen molar-refractivity contribution >= 4 is 17.1 Å². The molecule has 0 radical (unpaired) electrons. The van der Waals surface area contributed by atoms with E-state index in [1.165, 1.54) is 12.5 Å². The van der Waals surface area contributed by atoms with Gasteiger partial charge in [-0.1, -0.05) is 6.07 Å². The summed E-state index contributed by atoms with van der Waals surface area (Å²) in [4.78, 5) is 11.1. The predicted molar refractivity (Wildman–Crippen MR) is 91.6 cm³/mol. The lowest BCUT2D eigenvalue weighted by Gasteiger charge is -2.30. The average molecular weight is 345 g/mol. The lowest BCUT2D eigenvalue weighted by Crippen LogP contribution is -2.31. The SMILES string of the molecule is FC(F)(F)c1ccc2c(c1)N=C(c1ccncc1N1CCCCC1)C2. The van der Waals surface area contributed by atoms with Crippen molar-refractivity contribution in [2.45, 2.75) is 31.9 Å². The van der Waals surface area contributed by atoms with Gasteiger partial charge < -0.3 is 4.90 Å². The summed E-state index contributed by atoms with van der Waals surface area (Å²) in [5.74, 6) is 0. The summed E-state index contributed by atoms with van der Waals surface area (Å²) >= 11 is 0. The van der Waals surface area contributed by atoms with Gasteiger partial charge in [-0.05, 0) is 43.0 Å². The van der Waals surface area contributed by atoms with Crippen LogP contribution in [0.3, 0.4) is 0 Å². The minimum atomic E-state index is -4.34. The fourth-order valence-corrected chi connectivity index (χ4v) is 3.53. The maximum absolute atomic E-state index is 12.9. The topological polar surface area (TPSA) is 28.5 Å². The molecule has 2 aliphatic heterocycles. The summed E-state index contributed by atoms with van der Waals surface area (Å²) in [7, 11) is 0. The number of halogens is 3. The zero-order valence-electron chi connectivity index (χ0n) is 13.7. The minimum Gasteiger partial charge on any atom is -0.370 e. The number of rotatable bonds is 2. The van der Waals surface area contributed by atoms with E-state index in [9.17, 15) is 13.2 Å². The van der Waals surface area contributed by atoms with Gasteiger partial charge in [0.2, 0.25) is 0 Å². The van der Waals surface area contributed by atoms with Crippen LogP contribution in [-0.2, 0) is 12.6 Å². The Morgan fingerprint density at radius 2 is 1.80 bits per heavy atom. The number of nitrogens with zero attached hydrogens (tertiary/aromatic N) is 3. The molecule has 3 heterocycles. The number of anilines is 1. The molecule has 1 aromatic heterocycles. The van der Waals surface area contributed by atoms with Crippen LogP contribution in [-0.4, -0.2) is 23.8 Å². The van der Waals surface area contributed by atoms with Crippen molar-refractivity contribution in [2.75, 3.05) is 18.0 Å². The van der Waals surface area contributed by atoms with Gasteiger partial charge in [0, 0.05) is 31.3 Å². The molecule has 130 valence electrons. The van der Waals surface area contributed by atoms with Gasteiger partial charge in [0.1, 0.15) is 0 Å². The third-order valence-electron chi connectivity index (χ3n) is 4.83. The fourth-order valence-electron chi connectivity index (χ4n) is 3.53. The van der Waals surface area contributed by atoms with E-state index in [-0.39, 0.29) is 0 Å². The molecule has 0 unspecified atom stereocenters. The molecule has 1 fully saturated rings. The lowest BCUT2D eigenvalue weighted by atomic mass is 10.0. The quantitative estimate of drug-likeness (QED) is 0.784. The van der Waals surface area contributed by atoms with Gasteiger partial charge in [0.15, 0.2) is 0 Å². The highest BCUT2D eigenvalue weighted by molar-refractivity contribution is 6.10. The van der Waals surface area contributed by atoms with Crippen LogP contribution in [0.5, 0.6) is 0 Å². The van der Waals surface area contributed by atoms with Crippen molar-refractivity contribution in [3.8, 4) is 0 Å². The molecule has 2 aliphatic rings. The fraction of sp³-hybridized carbons (Fsp3) is 0.368. The highest BCUT2D eigenvalue weighted by Crippen LogP contribution is 2.37. The molecule has 1 saturated heterocycles. The van der Waals surface area contributed by atoms with E-state index in [1.807, 2.05) is 12.3 Å². The van der Waals surface area contributed by atoms with Crippen LogP contribution < -0.4 is 4.90 Å². The first-order chi connectivity index (χ1) is 12.0. The highest BCUT2D eigenvalue weighted by atomic mass is 19.4. The van der Waals surface area contributed by atoms with Crippen LogP contribution in [0.25, 0.3) is 0 Å². The van der Waals surface area contributed by atoms with Crippen molar-refractivity contribution in [1.82, 2.24) is 4.98 Å². The monoisotopic (exact) mass is 345 g/mol. The number of benzene rings is 1. The first-order valence-electron chi connectivity index (χ1n) is 8.49. The molecule has 0 saturated carbocycles. The Kier molecular flexibility index (Phi) is 3.98. The molecule has 0 amide bonds. The van der Waals surface area contributed by atoms with E-state index in [1.54, 1.807) is 6.20 Å². The number of hydrogen-bond donors (Lipinski definition) is 0. The van der Waals surface area contributed by atoms with Crippen LogP contribution in [0.4, 0.5) is 24.5 Å². The molecule has 0 spiro atoms. The molecule has 25 heavy (non-hydrogen) atoms. The van der Waals surface area contributed by atoms with Crippen molar-refractivity contribution in [3.63, 3.8) is 0 Å². The van der Waals surface area contributed by atoms with Gasteiger partial charge in [-0.15, -0.1) is 0 Å². The Morgan fingerprint density at radius 3 is 2.56 bits per heavy atom. The zero-order chi connectivity index (χ0) is 17.4. The summed E-state index contributed by atoms with van der Waals surface area (Å²) in [6, 6.07) is 5.73. The molecule has 0 aliphatic carbocycles. The van der Waals surface area contributed by atoms with Crippen molar-refractivity contribution in [2.24, 2.45) is 4.99 Å². The van der Waals surface area contributed by atoms with Crippen LogP contribution in [0.2, 0.25) is 0 Å². The molecule has 1 aromatic carbocycles. The number of alkyl halides is 3. The molecule has 0 atom stereocenters. The molecule has 0 N–H and O–H groups in total. The van der Waals surface area contributed by atoms with Crippen molar-refractivity contribution in [1.29, 1.82) is 0 Å². The number of pyridine rings is 1. The summed E-state index contributed by atoms with van der Waals surface area (Å²) in [6.07, 6.45) is 3.30. The second kappa shape index (κ2) is 6.17. The van der Waals surface area contributed by atoms with E-state index in [0.717, 1.165) is 60.6 Å². The Hall–Kier alpha value is -2.37. The van der Waals surface area contributed by atoms with E-state index in [4.69, 9.17) is 0 Å². The maximum atomic E-state index is 12.9. The number of aliphatic imine (C=N–C) groups is 1. The standard InChI is InChI=1S/C19H18F3N3/c20-19(21,22)14-5-4-13-10-17(24-16(13)11-14)15-6-7-23-12-18(15)25-8-2-1-3-9-25/h4-7,11-12H,1-3,8-10H2. The molecular formula is C19H18F3N3. The molecule has 2 aromatic rings. The minimum absolute atomic E-state index is 0.422. The lowest BCUT2D eigenvalue weighted by molar-refractivity contribution is -0.137. The van der Waals surface area contributed by atoms with Crippen LogP contribution in [0.15, 0.2) is 41.7 Å². The van der Waals surface area contributed by atoms with E-state index < -0.39 is 11.7 Å². The normalized spacial score (nSPS) is 17.4. The molecule has 4 rings (SSSR count). The van der Waals surface area contributed by atoms with E-state index >= 15 is 0 Å². The Balaban J connectivity index is 1.69. The second-order valence-corrected chi connectivity index (χ2v) is 6.52. The summed E-state index contributed by atoms with van der Waals surface area (Å²) in [5, 5.41) is 0. The van der Waals surface area contributed by atoms with Gasteiger partial charge in [0.25, 0.3) is 0 Å². The van der Waals surface area contributed by atoms with Crippen molar-refractivity contribution < 1.29 is 13.2 Å².